The molecule has 0 aliphatic rings. The van der Waals surface area contributed by atoms with Crippen LogP contribution in [0.15, 0.2) is 65.6 Å². The summed E-state index contributed by atoms with van der Waals surface area (Å²) in [7, 11) is -2.59. The van der Waals surface area contributed by atoms with Gasteiger partial charge in [-0.05, 0) is 80.1 Å². The van der Waals surface area contributed by atoms with Crippen molar-refractivity contribution in [2.24, 2.45) is 0 Å². The van der Waals surface area contributed by atoms with Crippen LogP contribution in [0.4, 0.5) is 0 Å². The first-order valence-electron chi connectivity index (χ1n) is 11.3. The van der Waals surface area contributed by atoms with Crippen molar-refractivity contribution in [3.8, 4) is 5.75 Å². The van der Waals surface area contributed by atoms with E-state index in [0.29, 0.717) is 5.75 Å². The Morgan fingerprint density at radius 2 is 1.63 bits per heavy atom. The summed E-state index contributed by atoms with van der Waals surface area (Å²) in [5, 5.41) is 3.16. The van der Waals surface area contributed by atoms with Gasteiger partial charge in [0.05, 0.1) is 23.1 Å². The predicted octanol–water partition coefficient (Wildman–Crippen LogP) is 5.04. The molecule has 8 heteroatoms. The van der Waals surface area contributed by atoms with Crippen LogP contribution in [-0.2, 0) is 21.2 Å². The van der Waals surface area contributed by atoms with Crippen molar-refractivity contribution >= 4 is 27.5 Å². The molecule has 186 valence electrons. The number of nitrogens with one attached hydrogen (secondary N) is 2. The molecular formula is C27H31ClN2O4S. The van der Waals surface area contributed by atoms with E-state index in [4.69, 9.17) is 16.3 Å². The van der Waals surface area contributed by atoms with E-state index in [9.17, 15) is 13.2 Å². The Kier molecular flexibility index (Phi) is 8.59. The third kappa shape index (κ3) is 6.63. The predicted molar refractivity (Wildman–Crippen MR) is 139 cm³/mol. The van der Waals surface area contributed by atoms with E-state index in [2.05, 4.69) is 22.2 Å². The molecular weight excluding hydrogens is 484 g/mol. The summed E-state index contributed by atoms with van der Waals surface area (Å²) in [5.74, 6) is -0.0519. The van der Waals surface area contributed by atoms with Crippen molar-refractivity contribution < 1.29 is 17.9 Å². The van der Waals surface area contributed by atoms with Crippen LogP contribution in [0.2, 0.25) is 5.02 Å². The summed E-state index contributed by atoms with van der Waals surface area (Å²) in [6.07, 6.45) is 0.189. The molecule has 6 nitrogen and oxygen atoms in total. The summed E-state index contributed by atoms with van der Waals surface area (Å²) >= 11 is 6.14. The average molecular weight is 515 g/mol. The lowest BCUT2D eigenvalue weighted by molar-refractivity contribution is -0.123. The van der Waals surface area contributed by atoms with Gasteiger partial charge in [-0.3, -0.25) is 4.79 Å². The number of halogens is 1. The van der Waals surface area contributed by atoms with Crippen LogP contribution in [0.5, 0.6) is 5.75 Å². The van der Waals surface area contributed by atoms with Crippen molar-refractivity contribution in [2.45, 2.75) is 51.1 Å². The van der Waals surface area contributed by atoms with Gasteiger partial charge >= 0.3 is 0 Å². The molecule has 3 aromatic carbocycles. The number of benzene rings is 3. The molecule has 0 aromatic heterocycles. The summed E-state index contributed by atoms with van der Waals surface area (Å²) in [6, 6.07) is 16.3. The molecule has 1 amide bonds. The van der Waals surface area contributed by atoms with Gasteiger partial charge in [0.15, 0.2) is 0 Å². The highest BCUT2D eigenvalue weighted by Crippen LogP contribution is 2.27. The van der Waals surface area contributed by atoms with Crippen molar-refractivity contribution in [3.05, 3.63) is 93.5 Å². The molecule has 0 bridgehead atoms. The Labute approximate surface area is 212 Å². The van der Waals surface area contributed by atoms with Crippen molar-refractivity contribution in [1.29, 1.82) is 0 Å². The third-order valence-electron chi connectivity index (χ3n) is 6.04. The lowest BCUT2D eigenvalue weighted by atomic mass is 9.96. The molecule has 0 aliphatic heterocycles. The third-order valence-corrected chi connectivity index (χ3v) is 7.80. The van der Waals surface area contributed by atoms with Crippen molar-refractivity contribution in [1.82, 2.24) is 10.0 Å². The smallest absolute Gasteiger partial charge is 0.241 e. The molecule has 0 spiro atoms. The van der Waals surface area contributed by atoms with Gasteiger partial charge in [-0.25, -0.2) is 8.42 Å². The maximum absolute atomic E-state index is 13.4. The standard InChI is InChI=1S/C27H31ClN2O4S/c1-17-13-19(3)23(14-18(17)2)20(4)29-27(31)25(15-21-9-7-6-8-10-21)30-35(32,33)22-11-12-26(34-5)24(28)16-22/h6-14,16,20,25,30H,15H2,1-5H3,(H,29,31). The van der Waals surface area contributed by atoms with E-state index in [1.54, 1.807) is 0 Å². The number of hydrogen-bond acceptors (Lipinski definition) is 4. The molecule has 2 N–H and O–H groups in total. The van der Waals surface area contributed by atoms with E-state index < -0.39 is 22.0 Å². The first-order valence-corrected chi connectivity index (χ1v) is 13.2. The van der Waals surface area contributed by atoms with Crippen LogP contribution in [0.1, 0.15) is 40.8 Å². The Morgan fingerprint density at radius 1 is 0.971 bits per heavy atom. The molecule has 2 unspecified atom stereocenters. The number of amides is 1. The molecule has 2 atom stereocenters. The number of carbonyl (C=O) groups is 1. The van der Waals surface area contributed by atoms with Crippen LogP contribution in [0.25, 0.3) is 0 Å². The molecule has 0 saturated heterocycles. The Morgan fingerprint density at radius 3 is 2.26 bits per heavy atom. The number of sulfonamides is 1. The molecule has 0 saturated carbocycles. The Balaban J connectivity index is 1.88. The molecule has 0 heterocycles. The zero-order valence-corrected chi connectivity index (χ0v) is 22.1. The maximum atomic E-state index is 13.4. The van der Waals surface area contributed by atoms with E-state index in [0.717, 1.165) is 22.3 Å². The number of rotatable bonds is 9. The van der Waals surface area contributed by atoms with Gasteiger partial charge in [-0.1, -0.05) is 54.1 Å². The maximum Gasteiger partial charge on any atom is 0.241 e. The van der Waals surface area contributed by atoms with Crippen LogP contribution in [0.3, 0.4) is 0 Å². The summed E-state index contributed by atoms with van der Waals surface area (Å²) in [4.78, 5) is 13.3. The van der Waals surface area contributed by atoms with E-state index in [1.165, 1.54) is 30.9 Å². The second-order valence-corrected chi connectivity index (χ2v) is 10.8. The number of carbonyl (C=O) groups excluding carboxylic acids is 1. The van der Waals surface area contributed by atoms with Crippen molar-refractivity contribution in [2.75, 3.05) is 7.11 Å². The van der Waals surface area contributed by atoms with Gasteiger partial charge in [0.2, 0.25) is 15.9 Å². The fourth-order valence-electron chi connectivity index (χ4n) is 3.95. The first kappa shape index (κ1) is 26.7. The van der Waals surface area contributed by atoms with E-state index in [1.807, 2.05) is 58.0 Å². The quantitative estimate of drug-likeness (QED) is 0.419. The zero-order chi connectivity index (χ0) is 25.8. The number of aryl methyl sites for hydroxylation is 3. The lowest BCUT2D eigenvalue weighted by Gasteiger charge is -2.23. The molecule has 3 rings (SSSR count). The molecule has 3 aromatic rings. The summed E-state index contributed by atoms with van der Waals surface area (Å²) in [5.41, 5.74) is 5.19. The van der Waals surface area contributed by atoms with Gasteiger partial charge in [0, 0.05) is 0 Å². The van der Waals surface area contributed by atoms with Gasteiger partial charge in [-0.15, -0.1) is 0 Å². The highest BCUT2D eigenvalue weighted by atomic mass is 35.5. The molecule has 0 fully saturated rings. The minimum atomic E-state index is -4.04. The van der Waals surface area contributed by atoms with Gasteiger partial charge < -0.3 is 10.1 Å². The first-order chi connectivity index (χ1) is 16.5. The summed E-state index contributed by atoms with van der Waals surface area (Å²) < 4.78 is 34.1. The topological polar surface area (TPSA) is 84.5 Å². The number of ether oxygens (including phenoxy) is 1. The van der Waals surface area contributed by atoms with Gasteiger partial charge in [-0.2, -0.15) is 4.72 Å². The Bertz CT molecular complexity index is 1310. The molecule has 35 heavy (non-hydrogen) atoms. The fourth-order valence-corrected chi connectivity index (χ4v) is 5.49. The number of methoxy groups -OCH3 is 1. The fraction of sp³-hybridized carbons (Fsp3) is 0.296. The van der Waals surface area contributed by atoms with E-state index >= 15 is 0 Å². The van der Waals surface area contributed by atoms with Crippen LogP contribution in [0, 0.1) is 20.8 Å². The lowest BCUT2D eigenvalue weighted by Crippen LogP contribution is -2.48. The largest absolute Gasteiger partial charge is 0.495 e. The SMILES string of the molecule is COc1ccc(S(=O)(=O)NC(Cc2ccccc2)C(=O)NC(C)c2cc(C)c(C)cc2C)cc1Cl. The summed E-state index contributed by atoms with van der Waals surface area (Å²) in [6.45, 7) is 7.97. The monoisotopic (exact) mass is 514 g/mol. The minimum absolute atomic E-state index is 0.0489. The normalized spacial score (nSPS) is 13.2. The minimum Gasteiger partial charge on any atom is -0.495 e. The highest BCUT2D eigenvalue weighted by molar-refractivity contribution is 7.89. The highest BCUT2D eigenvalue weighted by Gasteiger charge is 2.28. The average Bonchev–Trinajstić information content (AvgIpc) is 2.81. The van der Waals surface area contributed by atoms with E-state index in [-0.39, 0.29) is 22.4 Å². The Hall–Kier alpha value is -2.87. The van der Waals surface area contributed by atoms with Crippen LogP contribution in [-0.4, -0.2) is 27.5 Å². The van der Waals surface area contributed by atoms with Crippen LogP contribution < -0.4 is 14.8 Å². The second-order valence-electron chi connectivity index (χ2n) is 8.68. The number of hydrogen-bond donors (Lipinski definition) is 2. The molecule has 0 aliphatic carbocycles. The van der Waals surface area contributed by atoms with Crippen LogP contribution >= 0.6 is 11.6 Å². The van der Waals surface area contributed by atoms with Gasteiger partial charge in [0.1, 0.15) is 11.8 Å². The van der Waals surface area contributed by atoms with Crippen molar-refractivity contribution in [3.63, 3.8) is 0 Å². The van der Waals surface area contributed by atoms with Gasteiger partial charge in [0.25, 0.3) is 0 Å². The second kappa shape index (κ2) is 11.2. The molecule has 0 radical (unpaired) electrons. The zero-order valence-electron chi connectivity index (χ0n) is 20.6.